The zero-order valence-corrected chi connectivity index (χ0v) is 11.0. The van der Waals surface area contributed by atoms with Crippen LogP contribution in [0.5, 0.6) is 0 Å². The molecule has 0 saturated heterocycles. The molecule has 1 aliphatic rings. The molecular weight excluding hydrogens is 204 g/mol. The Morgan fingerprint density at radius 2 is 1.65 bits per heavy atom. The van der Waals surface area contributed by atoms with Crippen LogP contribution in [0.1, 0.15) is 51.5 Å². The first-order chi connectivity index (χ1) is 8.36. The van der Waals surface area contributed by atoms with Gasteiger partial charge in [-0.2, -0.15) is 0 Å². The average Bonchev–Trinajstić information content (AvgIpc) is 2.75. The molecule has 0 unspecified atom stereocenters. The number of allylic oxidation sites excluding steroid dienone is 4. The van der Waals surface area contributed by atoms with E-state index in [4.69, 9.17) is 0 Å². The first kappa shape index (κ1) is 12.2. The van der Waals surface area contributed by atoms with Gasteiger partial charge in [-0.25, -0.2) is 0 Å². The molecular formula is C17H22. The zero-order valence-electron chi connectivity index (χ0n) is 11.0. The Hall–Kier alpha value is -1.30. The van der Waals surface area contributed by atoms with Gasteiger partial charge in [0.2, 0.25) is 0 Å². The lowest BCUT2D eigenvalue weighted by Gasteiger charge is -2.11. The Bertz CT molecular complexity index is 421. The normalized spacial score (nSPS) is 15.3. The van der Waals surface area contributed by atoms with E-state index < -0.39 is 0 Å². The van der Waals surface area contributed by atoms with Gasteiger partial charge in [-0.15, -0.1) is 0 Å². The van der Waals surface area contributed by atoms with Gasteiger partial charge >= 0.3 is 0 Å². The first-order valence-electron chi connectivity index (χ1n) is 6.83. The van der Waals surface area contributed by atoms with Crippen molar-refractivity contribution in [2.75, 3.05) is 0 Å². The molecule has 0 radical (unpaired) electrons. The SMILES string of the molecule is CCCC1=CCC(c2ccccc2)=C1CCC. The smallest absolute Gasteiger partial charge is 0.00827 e. The third-order valence-electron chi connectivity index (χ3n) is 3.45. The van der Waals surface area contributed by atoms with Gasteiger partial charge in [-0.3, -0.25) is 0 Å². The van der Waals surface area contributed by atoms with Crippen molar-refractivity contribution in [1.82, 2.24) is 0 Å². The molecule has 0 heteroatoms. The van der Waals surface area contributed by atoms with Crippen molar-refractivity contribution in [1.29, 1.82) is 0 Å². The maximum absolute atomic E-state index is 2.44. The second-order valence-corrected chi connectivity index (χ2v) is 4.76. The van der Waals surface area contributed by atoms with Crippen LogP contribution in [0.2, 0.25) is 0 Å². The summed E-state index contributed by atoms with van der Waals surface area (Å²) in [5, 5.41) is 0. The number of hydrogen-bond donors (Lipinski definition) is 0. The highest BCUT2D eigenvalue weighted by Gasteiger charge is 2.17. The van der Waals surface area contributed by atoms with E-state index in [0.717, 1.165) is 6.42 Å². The Morgan fingerprint density at radius 1 is 0.941 bits per heavy atom. The summed E-state index contributed by atoms with van der Waals surface area (Å²) in [6.07, 6.45) is 8.54. The highest BCUT2D eigenvalue weighted by atomic mass is 14.2. The van der Waals surface area contributed by atoms with Gasteiger partial charge < -0.3 is 0 Å². The zero-order chi connectivity index (χ0) is 12.1. The molecule has 2 rings (SSSR count). The number of hydrogen-bond acceptors (Lipinski definition) is 0. The summed E-state index contributed by atoms with van der Waals surface area (Å²) in [6, 6.07) is 10.9. The predicted octanol–water partition coefficient (Wildman–Crippen LogP) is 5.37. The summed E-state index contributed by atoms with van der Waals surface area (Å²) in [6.45, 7) is 4.54. The number of benzene rings is 1. The van der Waals surface area contributed by atoms with E-state index in [1.54, 1.807) is 16.7 Å². The van der Waals surface area contributed by atoms with Crippen LogP contribution in [0.3, 0.4) is 0 Å². The fourth-order valence-electron chi connectivity index (χ4n) is 2.68. The minimum absolute atomic E-state index is 1.13. The third kappa shape index (κ3) is 2.69. The molecule has 0 spiro atoms. The molecule has 0 amide bonds. The van der Waals surface area contributed by atoms with E-state index in [1.807, 2.05) is 0 Å². The summed E-state index contributed by atoms with van der Waals surface area (Å²) in [5.41, 5.74) is 6.21. The van der Waals surface area contributed by atoms with Gasteiger partial charge in [-0.1, -0.05) is 63.1 Å². The Balaban J connectivity index is 2.31. The van der Waals surface area contributed by atoms with E-state index in [2.05, 4.69) is 50.3 Å². The van der Waals surface area contributed by atoms with Crippen LogP contribution >= 0.6 is 0 Å². The van der Waals surface area contributed by atoms with Crippen molar-refractivity contribution >= 4 is 5.57 Å². The molecule has 0 saturated carbocycles. The van der Waals surface area contributed by atoms with Crippen molar-refractivity contribution < 1.29 is 0 Å². The summed E-state index contributed by atoms with van der Waals surface area (Å²) in [5.74, 6) is 0. The largest absolute Gasteiger partial charge is 0.0766 e. The molecule has 0 heterocycles. The average molecular weight is 226 g/mol. The molecule has 0 aromatic heterocycles. The van der Waals surface area contributed by atoms with Crippen molar-refractivity contribution in [2.45, 2.75) is 46.0 Å². The molecule has 0 bridgehead atoms. The summed E-state index contributed by atoms with van der Waals surface area (Å²) < 4.78 is 0. The molecule has 0 atom stereocenters. The molecule has 0 fully saturated rings. The van der Waals surface area contributed by atoms with Crippen LogP contribution in [-0.4, -0.2) is 0 Å². The molecule has 0 N–H and O–H groups in total. The van der Waals surface area contributed by atoms with E-state index in [9.17, 15) is 0 Å². The maximum atomic E-state index is 2.44. The first-order valence-corrected chi connectivity index (χ1v) is 6.83. The predicted molar refractivity (Wildman–Crippen MR) is 75.9 cm³/mol. The summed E-state index contributed by atoms with van der Waals surface area (Å²) in [4.78, 5) is 0. The fourth-order valence-corrected chi connectivity index (χ4v) is 2.68. The van der Waals surface area contributed by atoms with Crippen molar-refractivity contribution in [3.05, 3.63) is 53.1 Å². The molecule has 1 aliphatic carbocycles. The van der Waals surface area contributed by atoms with E-state index in [1.165, 1.54) is 31.2 Å². The van der Waals surface area contributed by atoms with Crippen LogP contribution in [0.4, 0.5) is 0 Å². The quantitative estimate of drug-likeness (QED) is 0.633. The van der Waals surface area contributed by atoms with Crippen molar-refractivity contribution in [3.63, 3.8) is 0 Å². The maximum Gasteiger partial charge on any atom is -0.00827 e. The lowest BCUT2D eigenvalue weighted by atomic mass is 9.94. The Morgan fingerprint density at radius 3 is 2.29 bits per heavy atom. The van der Waals surface area contributed by atoms with Crippen LogP contribution in [0.15, 0.2) is 47.6 Å². The van der Waals surface area contributed by atoms with Crippen LogP contribution < -0.4 is 0 Å². The van der Waals surface area contributed by atoms with E-state index >= 15 is 0 Å². The minimum atomic E-state index is 1.13. The second kappa shape index (κ2) is 5.86. The highest BCUT2D eigenvalue weighted by molar-refractivity contribution is 5.76. The molecule has 1 aromatic carbocycles. The standard InChI is InChI=1S/C17H22/c1-3-8-14-12-13-17(16(14)9-4-2)15-10-6-5-7-11-15/h5-7,10-12H,3-4,8-9,13H2,1-2H3. The number of rotatable bonds is 5. The molecule has 1 aromatic rings. The third-order valence-corrected chi connectivity index (χ3v) is 3.45. The van der Waals surface area contributed by atoms with Gasteiger partial charge in [0, 0.05) is 0 Å². The van der Waals surface area contributed by atoms with Gasteiger partial charge in [0.1, 0.15) is 0 Å². The van der Waals surface area contributed by atoms with Crippen LogP contribution in [0, 0.1) is 0 Å². The fraction of sp³-hybridized carbons (Fsp3) is 0.412. The lowest BCUT2D eigenvalue weighted by molar-refractivity contribution is 0.860. The van der Waals surface area contributed by atoms with Gasteiger partial charge in [-0.05, 0) is 41.5 Å². The van der Waals surface area contributed by atoms with Gasteiger partial charge in [0.05, 0.1) is 0 Å². The second-order valence-electron chi connectivity index (χ2n) is 4.76. The van der Waals surface area contributed by atoms with Crippen molar-refractivity contribution in [2.24, 2.45) is 0 Å². The van der Waals surface area contributed by atoms with E-state index in [-0.39, 0.29) is 0 Å². The highest BCUT2D eigenvalue weighted by Crippen LogP contribution is 2.37. The van der Waals surface area contributed by atoms with Gasteiger partial charge in [0.25, 0.3) is 0 Å². The van der Waals surface area contributed by atoms with Crippen LogP contribution in [0.25, 0.3) is 5.57 Å². The molecule has 90 valence electrons. The summed E-state index contributed by atoms with van der Waals surface area (Å²) >= 11 is 0. The monoisotopic (exact) mass is 226 g/mol. The molecule has 17 heavy (non-hydrogen) atoms. The summed E-state index contributed by atoms with van der Waals surface area (Å²) in [7, 11) is 0. The Kier molecular flexibility index (Phi) is 4.19. The molecule has 0 aliphatic heterocycles. The topological polar surface area (TPSA) is 0 Å². The van der Waals surface area contributed by atoms with Crippen molar-refractivity contribution in [3.8, 4) is 0 Å². The van der Waals surface area contributed by atoms with Crippen LogP contribution in [-0.2, 0) is 0 Å². The molecule has 0 nitrogen and oxygen atoms in total. The Labute approximate surface area is 105 Å². The minimum Gasteiger partial charge on any atom is -0.0766 e. The lowest BCUT2D eigenvalue weighted by Crippen LogP contribution is -1.90. The van der Waals surface area contributed by atoms with E-state index in [0.29, 0.717) is 0 Å². The van der Waals surface area contributed by atoms with Gasteiger partial charge in [0.15, 0.2) is 0 Å².